The first-order chi connectivity index (χ1) is 44.8. The summed E-state index contributed by atoms with van der Waals surface area (Å²) in [5.74, 6) is 18.2. The highest BCUT2D eigenvalue weighted by Gasteiger charge is 2.50. The minimum atomic E-state index is -1.16. The Balaban J connectivity index is 0.000000261. The average molecular weight is 1350 g/mol. The van der Waals surface area contributed by atoms with Crippen LogP contribution in [0.25, 0.3) is 0 Å². The molecule has 26 heteroatoms. The fourth-order valence-corrected chi connectivity index (χ4v) is 14.4. The van der Waals surface area contributed by atoms with Crippen molar-refractivity contribution in [3.63, 3.8) is 0 Å². The van der Waals surface area contributed by atoms with E-state index in [2.05, 4.69) is 33.4 Å². The maximum atomic E-state index is 12.1. The molecule has 2 aromatic carbocycles. The van der Waals surface area contributed by atoms with Gasteiger partial charge < -0.3 is 42.6 Å². The highest BCUT2D eigenvalue weighted by atomic mass is 33.1. The molecule has 0 aromatic heterocycles. The Kier molecular flexibility index (Phi) is 33.1. The maximum Gasteiger partial charge on any atom is 0.534 e. The van der Waals surface area contributed by atoms with Gasteiger partial charge in [0.1, 0.15) is 24.7 Å². The van der Waals surface area contributed by atoms with Crippen LogP contribution in [0.5, 0.6) is 11.5 Å². The van der Waals surface area contributed by atoms with E-state index in [4.69, 9.17) is 42.6 Å². The van der Waals surface area contributed by atoms with E-state index in [-0.39, 0.29) is 63.2 Å². The lowest BCUT2D eigenvalue weighted by atomic mass is 10.1. The number of hydrogen-bond donors (Lipinski definition) is 0. The minimum Gasteiger partial charge on any atom is -0.465 e. The number of hydrogen-bond acceptors (Lipinski definition) is 24. The van der Waals surface area contributed by atoms with Crippen LogP contribution >= 0.6 is 43.2 Å². The van der Waals surface area contributed by atoms with Crippen molar-refractivity contribution in [2.45, 2.75) is 155 Å². The van der Waals surface area contributed by atoms with E-state index in [9.17, 15) is 43.2 Å². The summed E-state index contributed by atoms with van der Waals surface area (Å²) in [4.78, 5) is 115. The van der Waals surface area contributed by atoms with Gasteiger partial charge in [-0.05, 0) is 136 Å². The molecule has 4 fully saturated rings. The van der Waals surface area contributed by atoms with Gasteiger partial charge in [-0.15, -0.1) is 23.7 Å². The van der Waals surface area contributed by atoms with Gasteiger partial charge in [0, 0.05) is 107 Å². The molecule has 2 aliphatic heterocycles. The number of nitrogens with zero attached hydrogens (tertiary/aromatic N) is 2. The largest absolute Gasteiger partial charge is 0.534 e. The summed E-state index contributed by atoms with van der Waals surface area (Å²) in [6.07, 6.45) is 10.9. The number of carbonyl (C=O) groups excluding carboxylic acids is 9. The van der Waals surface area contributed by atoms with E-state index < -0.39 is 42.2 Å². The summed E-state index contributed by atoms with van der Waals surface area (Å²) in [6, 6.07) is 13.3. The molecule has 2 saturated carbocycles. The zero-order valence-electron chi connectivity index (χ0n) is 52.2. The number of unbranched alkanes of at least 4 members (excludes halogenated alkanes) is 2. The van der Waals surface area contributed by atoms with Crippen LogP contribution in [0, 0.1) is 59.2 Å². The number of imide groups is 2. The molecule has 0 bridgehead atoms. The van der Waals surface area contributed by atoms with Gasteiger partial charge in [0.05, 0.1) is 33.0 Å². The highest BCUT2D eigenvalue weighted by Crippen LogP contribution is 2.53. The van der Waals surface area contributed by atoms with Crippen molar-refractivity contribution in [2.24, 2.45) is 35.5 Å². The van der Waals surface area contributed by atoms with Crippen LogP contribution in [0.4, 0.5) is 9.59 Å². The van der Waals surface area contributed by atoms with Gasteiger partial charge in [0.25, 0.3) is 23.6 Å². The van der Waals surface area contributed by atoms with Gasteiger partial charge in [-0.1, -0.05) is 77.6 Å². The summed E-state index contributed by atoms with van der Waals surface area (Å²) in [5.41, 5.74) is 1.29. The van der Waals surface area contributed by atoms with Crippen LogP contribution in [-0.2, 0) is 89.6 Å². The molecule has 0 radical (unpaired) electrons. The zero-order chi connectivity index (χ0) is 65.1. The molecule has 8 rings (SSSR count). The summed E-state index contributed by atoms with van der Waals surface area (Å²) in [6.45, 7) is 5.82. The monoisotopic (exact) mass is 1350 g/mol. The third kappa shape index (κ3) is 27.8. The standard InChI is InChI=1S/C33H43NO10S2.C33H41NO10S2/c1-24(43-26-13-11-25(12-14-26)22-42-33(38)44-34-30(35)15-16-31(34)36)40-19-21-46-45-20-18-39-17-7-6-10-32(37)41-23-29-27-8-4-2-3-5-9-28(27)29;35-29-16-17-30(36)34(29)44-33(39)42-22-24-12-14-25(15-13-24)43-32(38)11-7-20-45-46-21-19-40-18-6-5-10-31(37)41-23-28-26-8-3-1-2-4-9-27(26)28/h11-14,24,27-29H,4-10,15-23H2,1H3;12-15,26-28H,3-11,16-23H2. The van der Waals surface area contributed by atoms with E-state index in [1.165, 1.54) is 0 Å². The summed E-state index contributed by atoms with van der Waals surface area (Å²) < 4.78 is 49.1. The van der Waals surface area contributed by atoms with Gasteiger partial charge in [0.2, 0.25) is 0 Å². The van der Waals surface area contributed by atoms with Gasteiger partial charge in [0.15, 0.2) is 6.29 Å². The van der Waals surface area contributed by atoms with Crippen LogP contribution < -0.4 is 9.47 Å². The minimum absolute atomic E-state index is 0.00161. The predicted octanol–water partition coefficient (Wildman–Crippen LogP) is 11.3. The smallest absolute Gasteiger partial charge is 0.465 e. The van der Waals surface area contributed by atoms with E-state index >= 15 is 0 Å². The number of fused-ring (bicyclic) bond motifs is 2. The Labute approximate surface area is 554 Å². The van der Waals surface area contributed by atoms with Gasteiger partial charge in [-0.3, -0.25) is 43.2 Å². The van der Waals surface area contributed by atoms with Crippen molar-refractivity contribution >= 4 is 97.0 Å². The SMILES string of the molecule is CC(OCCSSCCOCCCCC(=O)OCC1C2CCC#CCCC21)Oc1ccc(COC(=O)ON2C(=O)CCC2=O)cc1.O=C(CCCCOCCSSCCCC(=O)Oc1ccc(COC(=O)ON2C(=O)CCC2=O)cc1)OCC1C2CCC#CCCC21. The number of esters is 3. The lowest BCUT2D eigenvalue weighted by Gasteiger charge is -2.15. The molecule has 2 saturated heterocycles. The number of rotatable bonds is 39. The number of benzene rings is 2. The molecule has 502 valence electrons. The first-order valence-corrected chi connectivity index (χ1v) is 36.7. The fourth-order valence-electron chi connectivity index (χ4n) is 10.7. The fraction of sp³-hybridized carbons (Fsp3) is 0.621. The van der Waals surface area contributed by atoms with Crippen molar-refractivity contribution < 1.29 is 95.5 Å². The van der Waals surface area contributed by atoms with Crippen molar-refractivity contribution in [1.82, 2.24) is 10.1 Å². The first kappa shape index (κ1) is 73.3. The summed E-state index contributed by atoms with van der Waals surface area (Å²) in [5, 5.41) is 0.859. The predicted molar refractivity (Wildman–Crippen MR) is 343 cm³/mol. The summed E-state index contributed by atoms with van der Waals surface area (Å²) in [7, 11) is 6.82. The Bertz CT molecular complexity index is 2790. The second kappa shape index (κ2) is 41.5. The van der Waals surface area contributed by atoms with Gasteiger partial charge >= 0.3 is 30.2 Å². The van der Waals surface area contributed by atoms with Crippen LogP contribution in [0.15, 0.2) is 48.5 Å². The molecule has 2 aromatic rings. The van der Waals surface area contributed by atoms with Crippen molar-refractivity contribution in [3.05, 3.63) is 59.7 Å². The van der Waals surface area contributed by atoms with Crippen LogP contribution in [0.1, 0.15) is 146 Å². The molecule has 4 amide bonds. The lowest BCUT2D eigenvalue weighted by molar-refractivity contribution is -0.178. The number of hydroxylamine groups is 4. The van der Waals surface area contributed by atoms with E-state index in [0.29, 0.717) is 134 Å². The molecule has 0 N–H and O–H groups in total. The molecule has 2 heterocycles. The van der Waals surface area contributed by atoms with Crippen molar-refractivity contribution in [1.29, 1.82) is 0 Å². The van der Waals surface area contributed by atoms with Crippen molar-refractivity contribution in [2.75, 3.05) is 69.3 Å². The normalized spacial score (nSPS) is 20.5. The van der Waals surface area contributed by atoms with Crippen LogP contribution in [-0.4, -0.2) is 140 Å². The van der Waals surface area contributed by atoms with E-state index in [0.717, 1.165) is 100 Å². The average Bonchev–Trinajstić information content (AvgIpc) is 1.67. The first-order valence-electron chi connectivity index (χ1n) is 31.8. The number of amides is 4. The molecule has 6 aliphatic rings. The Morgan fingerprint density at radius 2 is 0.859 bits per heavy atom. The molecule has 92 heavy (non-hydrogen) atoms. The van der Waals surface area contributed by atoms with Crippen LogP contribution in [0.2, 0.25) is 0 Å². The molecule has 0 spiro atoms. The zero-order valence-corrected chi connectivity index (χ0v) is 55.5. The summed E-state index contributed by atoms with van der Waals surface area (Å²) >= 11 is 0. The van der Waals surface area contributed by atoms with Gasteiger partial charge in [-0.2, -0.15) is 0 Å². The molecule has 4 aliphatic carbocycles. The molecule has 5 unspecified atom stereocenters. The molecule has 5 atom stereocenters. The van der Waals surface area contributed by atoms with Gasteiger partial charge in [-0.25, -0.2) is 9.59 Å². The third-order valence-electron chi connectivity index (χ3n) is 15.7. The quantitative estimate of drug-likeness (QED) is 0.00880. The highest BCUT2D eigenvalue weighted by molar-refractivity contribution is 8.77. The number of ether oxygens (including phenoxy) is 9. The van der Waals surface area contributed by atoms with Crippen LogP contribution in [0.3, 0.4) is 0 Å². The second-order valence-corrected chi connectivity index (χ2v) is 27.9. The Hall–Kier alpha value is -6.13. The Morgan fingerprint density at radius 1 is 0.467 bits per heavy atom. The van der Waals surface area contributed by atoms with Crippen molar-refractivity contribution in [3.8, 4) is 35.2 Å². The maximum absolute atomic E-state index is 12.1. The second-order valence-electron chi connectivity index (χ2n) is 22.5. The molecular weight excluding hydrogens is 1270 g/mol. The Morgan fingerprint density at radius 3 is 1.29 bits per heavy atom. The van der Waals surface area contributed by atoms with E-state index in [1.807, 2.05) is 6.92 Å². The lowest BCUT2D eigenvalue weighted by Crippen LogP contribution is -2.32. The third-order valence-corrected chi connectivity index (χ3v) is 20.5. The van der Waals surface area contributed by atoms with E-state index in [1.54, 1.807) is 91.7 Å². The topological polar surface area (TPSA) is 262 Å². The number of carbonyl (C=O) groups is 9. The molecule has 22 nitrogen and oxygen atoms in total. The molecular formula is C66H84N2O20S4.